The fourth-order valence-corrected chi connectivity index (χ4v) is 16.5. The highest BCUT2D eigenvalue weighted by molar-refractivity contribution is 7.90. The van der Waals surface area contributed by atoms with E-state index in [1.54, 1.807) is 29.1 Å². The van der Waals surface area contributed by atoms with Gasteiger partial charge >= 0.3 is 0 Å². The summed E-state index contributed by atoms with van der Waals surface area (Å²) in [4.78, 5) is 93.1. The molecular weight excluding hydrogens is 1410 g/mol. The second kappa shape index (κ2) is 34.1. The SMILES string of the molecule is Cc1ncsc1-c1ccc(CNC(=O)[C@@H]2C[C@@H](O)CN2C(=O)[C@@H](NC(=O)CCOCCOCCN2CCN(CCNc3ccc(S(=O)(=O)NC(=O)c4ccc(N5CCN(CC6=C(c7ccc(Cl)cc7)CC(C)(C)CC6)CC5)cc4N4CCCOc5nc6[nH]ccc6cc54)cc3[N+](=O)[O-])CC2)C(C)(C)C)cc1. The molecule has 29 heteroatoms. The number of fused-ring (bicyclic) bond motifs is 2. The summed E-state index contributed by atoms with van der Waals surface area (Å²) in [6.45, 7) is 22.8. The van der Waals surface area contributed by atoms with Crippen LogP contribution in [-0.2, 0) is 40.4 Å². The molecule has 3 atom stereocenters. The number of nitrogens with zero attached hydrogens (tertiary/aromatic N) is 9. The number of piperazine rings is 2. The number of thiazole rings is 1. The van der Waals surface area contributed by atoms with Gasteiger partial charge < -0.3 is 55.0 Å². The maximum absolute atomic E-state index is 14.7. The van der Waals surface area contributed by atoms with Crippen molar-refractivity contribution in [1.82, 2.24) is 49.9 Å². The Labute approximate surface area is 628 Å². The number of nitro benzene ring substituents is 1. The molecule has 4 amide bonds. The highest BCUT2D eigenvalue weighted by Crippen LogP contribution is 2.45. The molecule has 0 unspecified atom stereocenters. The van der Waals surface area contributed by atoms with Gasteiger partial charge in [0, 0.05) is 139 Å². The van der Waals surface area contributed by atoms with Gasteiger partial charge in [-0.15, -0.1) is 11.3 Å². The van der Waals surface area contributed by atoms with Gasteiger partial charge in [0.1, 0.15) is 29.1 Å². The van der Waals surface area contributed by atoms with E-state index in [1.807, 2.05) is 93.3 Å². The van der Waals surface area contributed by atoms with Gasteiger partial charge in [-0.2, -0.15) is 4.98 Å². The van der Waals surface area contributed by atoms with Crippen LogP contribution in [0.1, 0.15) is 100 Å². The van der Waals surface area contributed by atoms with Crippen LogP contribution in [0.15, 0.2) is 119 Å². The minimum Gasteiger partial charge on any atom is -0.476 e. The first-order chi connectivity index (χ1) is 50.8. The van der Waals surface area contributed by atoms with Crippen LogP contribution in [0.4, 0.5) is 28.4 Å². The predicted octanol–water partition coefficient (Wildman–Crippen LogP) is 9.64. The number of aromatic amines is 1. The molecule has 3 saturated heterocycles. The van der Waals surface area contributed by atoms with Crippen LogP contribution >= 0.6 is 22.9 Å². The lowest BCUT2D eigenvalue weighted by molar-refractivity contribution is -0.384. The summed E-state index contributed by atoms with van der Waals surface area (Å²) in [5.41, 5.74) is 10.6. The van der Waals surface area contributed by atoms with Crippen LogP contribution in [-0.4, -0.2) is 219 Å². The minimum absolute atomic E-state index is 0.00239. The number of halogens is 1. The number of hydrogen-bond donors (Lipinski definition) is 6. The van der Waals surface area contributed by atoms with E-state index < -0.39 is 60.9 Å². The number of carbonyl (C=O) groups excluding carboxylic acids is 4. The molecule has 7 heterocycles. The molecule has 26 nitrogen and oxygen atoms in total. The Morgan fingerprint density at radius 2 is 1.58 bits per heavy atom. The molecule has 5 aliphatic rings. The zero-order valence-corrected chi connectivity index (χ0v) is 63.6. The number of pyridine rings is 1. The summed E-state index contributed by atoms with van der Waals surface area (Å²) < 4.78 is 48.6. The van der Waals surface area contributed by atoms with Crippen LogP contribution in [0.2, 0.25) is 5.02 Å². The Balaban J connectivity index is 0.582. The third kappa shape index (κ3) is 19.2. The predicted molar refractivity (Wildman–Crippen MR) is 411 cm³/mol. The molecule has 106 heavy (non-hydrogen) atoms. The lowest BCUT2D eigenvalue weighted by Gasteiger charge is -2.39. The smallest absolute Gasteiger partial charge is 0.293 e. The van der Waals surface area contributed by atoms with Crippen LogP contribution in [0.5, 0.6) is 5.88 Å². The van der Waals surface area contributed by atoms with E-state index in [4.69, 9.17) is 30.8 Å². The molecule has 12 rings (SSSR count). The topological polar surface area (TPSA) is 303 Å². The third-order valence-corrected chi connectivity index (χ3v) is 23.2. The molecule has 0 saturated carbocycles. The summed E-state index contributed by atoms with van der Waals surface area (Å²) in [5, 5.41) is 33.8. The second-order valence-corrected chi connectivity index (χ2v) is 32.8. The number of β-amino-alcohol motifs (C(OH)–C–C–N with tert-alkyl or cyclic N) is 1. The van der Waals surface area contributed by atoms with Crippen molar-refractivity contribution in [3.63, 3.8) is 0 Å². The molecule has 6 N–H and O–H groups in total. The van der Waals surface area contributed by atoms with Crippen molar-refractivity contribution in [1.29, 1.82) is 0 Å². The molecule has 1 aliphatic carbocycles. The Kier molecular flexibility index (Phi) is 24.8. The average molecular weight is 1510 g/mol. The number of hydrogen-bond acceptors (Lipinski definition) is 21. The molecular formula is C77H97ClN14O12S2. The fourth-order valence-electron chi connectivity index (χ4n) is 14.5. The third-order valence-electron chi connectivity index (χ3n) is 20.6. The van der Waals surface area contributed by atoms with E-state index in [2.05, 4.69) is 76.2 Å². The van der Waals surface area contributed by atoms with Crippen molar-refractivity contribution in [2.45, 2.75) is 110 Å². The van der Waals surface area contributed by atoms with Crippen molar-refractivity contribution in [2.24, 2.45) is 10.8 Å². The lowest BCUT2D eigenvalue weighted by atomic mass is 9.72. The highest BCUT2D eigenvalue weighted by atomic mass is 35.5. The van der Waals surface area contributed by atoms with Crippen molar-refractivity contribution in [3.05, 3.63) is 152 Å². The number of rotatable bonds is 28. The van der Waals surface area contributed by atoms with Crippen molar-refractivity contribution in [3.8, 4) is 16.3 Å². The van der Waals surface area contributed by atoms with Crippen molar-refractivity contribution < 1.29 is 51.8 Å². The Bertz CT molecular complexity index is 4440. The van der Waals surface area contributed by atoms with Crippen LogP contribution in [0, 0.1) is 27.9 Å². The molecule has 566 valence electrons. The number of nitro groups is 1. The largest absolute Gasteiger partial charge is 0.476 e. The van der Waals surface area contributed by atoms with E-state index >= 15 is 0 Å². The number of aliphatic hydroxyl groups excluding tert-OH is 1. The van der Waals surface area contributed by atoms with Gasteiger partial charge in [0.05, 0.1) is 76.3 Å². The number of ether oxygens (including phenoxy) is 3. The van der Waals surface area contributed by atoms with Gasteiger partial charge in [-0.3, -0.25) is 44.0 Å². The molecule has 7 aromatic rings. The van der Waals surface area contributed by atoms with E-state index in [0.29, 0.717) is 75.3 Å². The second-order valence-electron chi connectivity index (χ2n) is 29.9. The van der Waals surface area contributed by atoms with Crippen LogP contribution < -0.4 is 35.2 Å². The van der Waals surface area contributed by atoms with Crippen LogP contribution in [0.25, 0.3) is 27.0 Å². The number of nitrogens with one attached hydrogen (secondary N) is 5. The summed E-state index contributed by atoms with van der Waals surface area (Å²) in [6, 6.07) is 27.0. The van der Waals surface area contributed by atoms with Crippen molar-refractivity contribution >= 4 is 102 Å². The highest BCUT2D eigenvalue weighted by Gasteiger charge is 2.45. The average Bonchev–Trinajstić information content (AvgIpc) is 1.36. The number of benzene rings is 4. The number of allylic oxidation sites excluding steroid dienone is 1. The van der Waals surface area contributed by atoms with E-state index in [0.717, 1.165) is 122 Å². The number of aromatic nitrogens is 3. The molecule has 0 radical (unpaired) electrons. The molecule has 4 aliphatic heterocycles. The van der Waals surface area contributed by atoms with Gasteiger partial charge in [-0.25, -0.2) is 18.1 Å². The lowest BCUT2D eigenvalue weighted by Crippen LogP contribution is -2.57. The molecule has 3 aromatic heterocycles. The standard InChI is InChI=1S/C77H97ClN14O12S2/c1-51-69(105-50-82-51)54-10-8-52(9-11-54)47-81-73(96)66-44-59(93)49-91(66)75(97)70(76(2,3)4)83-68(94)22-38-102-40-41-103-39-36-87-30-28-86(29-31-87)27-25-79-63-19-17-60(45-65(63)92(98)99)106(100,101)85-72(95)61-18-16-58(43-64(61)90-26-7-37-104-74-67(90)42-55-21-24-80-71(55)84-74)89-34-32-88(33-35-89)48-56-20-23-77(5,6)46-62(56)53-12-14-57(78)15-13-53/h8-19,21,24,42-43,45,50,59,66,70,79,93H,7,20,22-23,25-41,44,46-49H2,1-6H3,(H,80,84)(H,81,96)(H,83,94)(H,85,95)/t59-,66+,70-/m1/s1. The monoisotopic (exact) mass is 1510 g/mol. The summed E-state index contributed by atoms with van der Waals surface area (Å²) >= 11 is 7.88. The summed E-state index contributed by atoms with van der Waals surface area (Å²) in [6.07, 6.45) is 4.70. The summed E-state index contributed by atoms with van der Waals surface area (Å²) in [5.74, 6) is -1.75. The number of aryl methyl sites for hydroxylation is 1. The number of likely N-dealkylation sites (tertiary alicyclic amines) is 1. The molecule has 3 fully saturated rings. The Hall–Kier alpha value is -8.58. The Morgan fingerprint density at radius 1 is 0.858 bits per heavy atom. The normalized spacial score (nSPS) is 18.6. The van der Waals surface area contributed by atoms with Gasteiger partial charge in [0.25, 0.3) is 21.6 Å². The first-order valence-corrected chi connectivity index (χ1v) is 39.3. The maximum Gasteiger partial charge on any atom is 0.293 e. The summed E-state index contributed by atoms with van der Waals surface area (Å²) in [7, 11) is -4.66. The first kappa shape index (κ1) is 77.0. The van der Waals surface area contributed by atoms with E-state index in [-0.39, 0.29) is 67.6 Å². The van der Waals surface area contributed by atoms with Gasteiger partial charge in [-0.1, -0.05) is 88.2 Å². The molecule has 0 bridgehead atoms. The zero-order chi connectivity index (χ0) is 74.9. The number of aliphatic hydroxyl groups is 1. The Morgan fingerprint density at radius 3 is 2.29 bits per heavy atom. The van der Waals surface area contributed by atoms with E-state index in [9.17, 15) is 42.8 Å². The zero-order valence-electron chi connectivity index (χ0n) is 61.2. The van der Waals surface area contributed by atoms with Gasteiger partial charge in [0.2, 0.25) is 23.6 Å². The van der Waals surface area contributed by atoms with Gasteiger partial charge in [-0.05, 0) is 120 Å². The van der Waals surface area contributed by atoms with Crippen molar-refractivity contribution in [2.75, 3.05) is 140 Å². The number of carbonyl (C=O) groups is 4. The number of sulfonamides is 1. The molecule has 0 spiro atoms. The quantitative estimate of drug-likeness (QED) is 0.0151. The number of amides is 4. The number of anilines is 4. The minimum atomic E-state index is -4.66. The van der Waals surface area contributed by atoms with Crippen LogP contribution in [0.3, 0.4) is 0 Å². The van der Waals surface area contributed by atoms with Gasteiger partial charge in [0.15, 0.2) is 0 Å². The number of H-pyrrole nitrogens is 1. The molecule has 4 aromatic carbocycles. The van der Waals surface area contributed by atoms with E-state index in [1.165, 1.54) is 33.7 Å². The fraction of sp³-hybridized carbons (Fsp3) is 0.481. The maximum atomic E-state index is 14.7. The first-order valence-electron chi connectivity index (χ1n) is 36.5.